The summed E-state index contributed by atoms with van der Waals surface area (Å²) in [7, 11) is -0.817. The second kappa shape index (κ2) is 8.28. The topological polar surface area (TPSA) is 61.8 Å². The monoisotopic (exact) mass is 390 g/mol. The highest BCUT2D eigenvalue weighted by atomic mass is 31.2. The van der Waals surface area contributed by atoms with Gasteiger partial charge in [-0.25, -0.2) is 0 Å². The standard InChI is InChI=1S/C21H27O5P/c1-8-26-27(23,20-15(4)9-13(2)10-16(20)5)21(22)19-14(3)11-17(24-6)12-18(19)25-7/h9-12H,8H2,1-7H3. The third-order valence-electron chi connectivity index (χ3n) is 4.45. The van der Waals surface area contributed by atoms with Gasteiger partial charge in [0.15, 0.2) is 0 Å². The molecule has 0 aromatic heterocycles. The van der Waals surface area contributed by atoms with E-state index >= 15 is 0 Å². The molecule has 2 aromatic carbocycles. The molecule has 27 heavy (non-hydrogen) atoms. The highest BCUT2D eigenvalue weighted by Crippen LogP contribution is 2.52. The first-order valence-corrected chi connectivity index (χ1v) is 10.4. The Bertz CT molecular complexity index is 894. The zero-order valence-electron chi connectivity index (χ0n) is 17.0. The van der Waals surface area contributed by atoms with Gasteiger partial charge in [0.05, 0.1) is 31.7 Å². The minimum atomic E-state index is -3.83. The molecular formula is C21H27O5P. The molecule has 146 valence electrons. The first-order valence-electron chi connectivity index (χ1n) is 8.80. The number of benzene rings is 2. The van der Waals surface area contributed by atoms with Crippen LogP contribution in [0.5, 0.6) is 11.5 Å². The average Bonchev–Trinajstić information content (AvgIpc) is 2.59. The number of methoxy groups -OCH3 is 2. The van der Waals surface area contributed by atoms with E-state index in [-0.39, 0.29) is 12.2 Å². The van der Waals surface area contributed by atoms with Crippen molar-refractivity contribution < 1.29 is 23.4 Å². The van der Waals surface area contributed by atoms with Gasteiger partial charge in [-0.2, -0.15) is 0 Å². The van der Waals surface area contributed by atoms with Crippen LogP contribution in [0.2, 0.25) is 0 Å². The summed E-state index contributed by atoms with van der Waals surface area (Å²) in [6.45, 7) is 9.33. The molecule has 0 saturated carbocycles. The fraction of sp³-hybridized carbons (Fsp3) is 0.381. The van der Waals surface area contributed by atoms with Crippen molar-refractivity contribution in [2.75, 3.05) is 20.8 Å². The highest BCUT2D eigenvalue weighted by molar-refractivity contribution is 7.83. The predicted molar refractivity (Wildman–Crippen MR) is 108 cm³/mol. The van der Waals surface area contributed by atoms with Crippen molar-refractivity contribution >= 4 is 18.2 Å². The zero-order chi connectivity index (χ0) is 20.4. The zero-order valence-corrected chi connectivity index (χ0v) is 17.9. The molecule has 0 amide bonds. The smallest absolute Gasteiger partial charge is 0.301 e. The maximum Gasteiger partial charge on any atom is 0.301 e. The minimum absolute atomic E-state index is 0.160. The van der Waals surface area contributed by atoms with Gasteiger partial charge in [-0.15, -0.1) is 0 Å². The molecule has 0 fully saturated rings. The van der Waals surface area contributed by atoms with E-state index in [2.05, 4.69) is 0 Å². The van der Waals surface area contributed by atoms with Gasteiger partial charge in [-0.3, -0.25) is 9.36 Å². The van der Waals surface area contributed by atoms with Gasteiger partial charge in [0, 0.05) is 6.07 Å². The van der Waals surface area contributed by atoms with Gasteiger partial charge in [0.2, 0.25) is 0 Å². The number of hydrogen-bond donors (Lipinski definition) is 0. The van der Waals surface area contributed by atoms with Crippen LogP contribution in [0.15, 0.2) is 24.3 Å². The fourth-order valence-corrected chi connectivity index (χ4v) is 5.92. The van der Waals surface area contributed by atoms with Gasteiger partial charge in [0.25, 0.3) is 5.52 Å². The lowest BCUT2D eigenvalue weighted by molar-refractivity contribution is 0.105. The molecule has 0 radical (unpaired) electrons. The van der Waals surface area contributed by atoms with E-state index < -0.39 is 12.9 Å². The Hall–Kier alpha value is -2.10. The van der Waals surface area contributed by atoms with Crippen molar-refractivity contribution in [1.82, 2.24) is 0 Å². The number of aryl methyl sites for hydroxylation is 4. The molecule has 0 N–H and O–H groups in total. The van der Waals surface area contributed by atoms with Crippen molar-refractivity contribution in [3.8, 4) is 11.5 Å². The lowest BCUT2D eigenvalue weighted by atomic mass is 10.1. The highest BCUT2D eigenvalue weighted by Gasteiger charge is 2.40. The summed E-state index contributed by atoms with van der Waals surface area (Å²) in [6.07, 6.45) is 0. The summed E-state index contributed by atoms with van der Waals surface area (Å²) in [6, 6.07) is 7.17. The summed E-state index contributed by atoms with van der Waals surface area (Å²) in [4.78, 5) is 13.5. The second-order valence-corrected chi connectivity index (χ2v) is 8.76. The molecule has 0 aliphatic heterocycles. The van der Waals surface area contributed by atoms with Crippen molar-refractivity contribution in [3.63, 3.8) is 0 Å². The molecule has 0 heterocycles. The predicted octanol–water partition coefficient (Wildman–Crippen LogP) is 4.72. The Balaban J connectivity index is 2.75. The molecule has 5 nitrogen and oxygen atoms in total. The van der Waals surface area contributed by atoms with E-state index in [1.807, 2.05) is 32.9 Å². The Morgan fingerprint density at radius 3 is 2.00 bits per heavy atom. The van der Waals surface area contributed by atoms with Crippen LogP contribution in [0.4, 0.5) is 0 Å². The maximum atomic E-state index is 14.0. The lowest BCUT2D eigenvalue weighted by Crippen LogP contribution is -2.22. The van der Waals surface area contributed by atoms with E-state index in [1.165, 1.54) is 7.11 Å². The molecule has 2 rings (SSSR count). The van der Waals surface area contributed by atoms with E-state index in [0.29, 0.717) is 22.4 Å². The Morgan fingerprint density at radius 2 is 1.52 bits per heavy atom. The molecule has 0 spiro atoms. The van der Waals surface area contributed by atoms with E-state index in [9.17, 15) is 9.36 Å². The number of hydrogen-bond acceptors (Lipinski definition) is 5. The number of ether oxygens (including phenoxy) is 2. The van der Waals surface area contributed by atoms with Gasteiger partial charge in [-0.1, -0.05) is 17.7 Å². The summed E-state index contributed by atoms with van der Waals surface area (Å²) < 4.78 is 30.3. The summed E-state index contributed by atoms with van der Waals surface area (Å²) in [5.41, 5.74) is 2.93. The third-order valence-corrected chi connectivity index (χ3v) is 7.12. The molecule has 2 aromatic rings. The molecule has 0 aliphatic carbocycles. The first-order chi connectivity index (χ1) is 12.7. The van der Waals surface area contributed by atoms with Crippen LogP contribution in [0.25, 0.3) is 0 Å². The molecule has 1 unspecified atom stereocenters. The van der Waals surface area contributed by atoms with Crippen molar-refractivity contribution in [2.45, 2.75) is 34.6 Å². The summed E-state index contributed by atoms with van der Waals surface area (Å²) in [5.74, 6) is 0.883. The molecular weight excluding hydrogens is 363 g/mol. The van der Waals surface area contributed by atoms with Gasteiger partial charge in [-0.05, 0) is 57.4 Å². The fourth-order valence-electron chi connectivity index (χ4n) is 3.47. The first kappa shape index (κ1) is 21.2. The van der Waals surface area contributed by atoms with Gasteiger partial charge >= 0.3 is 7.37 Å². The summed E-state index contributed by atoms with van der Waals surface area (Å²) >= 11 is 0. The molecule has 1 atom stereocenters. The maximum absolute atomic E-state index is 14.0. The summed E-state index contributed by atoms with van der Waals surface area (Å²) in [5, 5.41) is 0.470. The third kappa shape index (κ3) is 3.95. The minimum Gasteiger partial charge on any atom is -0.497 e. The van der Waals surface area contributed by atoms with Crippen LogP contribution in [0.1, 0.15) is 39.5 Å². The van der Waals surface area contributed by atoms with Crippen LogP contribution in [0, 0.1) is 27.7 Å². The molecule has 6 heteroatoms. The normalized spacial score (nSPS) is 13.1. The second-order valence-electron chi connectivity index (χ2n) is 6.54. The van der Waals surface area contributed by atoms with Gasteiger partial charge < -0.3 is 14.0 Å². The van der Waals surface area contributed by atoms with Crippen LogP contribution < -0.4 is 14.8 Å². The number of carbonyl (C=O) groups is 1. The van der Waals surface area contributed by atoms with Crippen LogP contribution in [-0.4, -0.2) is 26.4 Å². The quantitative estimate of drug-likeness (QED) is 0.641. The van der Waals surface area contributed by atoms with Crippen molar-refractivity contribution in [1.29, 1.82) is 0 Å². The van der Waals surface area contributed by atoms with Crippen LogP contribution in [-0.2, 0) is 9.09 Å². The van der Waals surface area contributed by atoms with Crippen LogP contribution >= 0.6 is 7.37 Å². The van der Waals surface area contributed by atoms with Gasteiger partial charge in [0.1, 0.15) is 11.5 Å². The van der Waals surface area contributed by atoms with Crippen molar-refractivity contribution in [3.05, 3.63) is 52.1 Å². The molecule has 0 saturated heterocycles. The lowest BCUT2D eigenvalue weighted by Gasteiger charge is -2.23. The largest absolute Gasteiger partial charge is 0.497 e. The molecule has 0 aliphatic rings. The Labute approximate surface area is 161 Å². The van der Waals surface area contributed by atoms with Crippen molar-refractivity contribution in [2.24, 2.45) is 0 Å². The Kier molecular flexibility index (Phi) is 6.50. The average molecular weight is 390 g/mol. The Morgan fingerprint density at radius 1 is 0.926 bits per heavy atom. The van der Waals surface area contributed by atoms with E-state index in [4.69, 9.17) is 14.0 Å². The SMILES string of the molecule is CCOP(=O)(C(=O)c1c(C)cc(OC)cc1OC)c1c(C)cc(C)cc1C. The van der Waals surface area contributed by atoms with E-state index in [0.717, 1.165) is 16.7 Å². The number of rotatable bonds is 7. The van der Waals surface area contributed by atoms with E-state index in [1.54, 1.807) is 33.1 Å². The number of carbonyl (C=O) groups excluding carboxylic acids is 1. The molecule has 0 bridgehead atoms. The van der Waals surface area contributed by atoms with Crippen LogP contribution in [0.3, 0.4) is 0 Å².